The van der Waals surface area contributed by atoms with E-state index in [1.165, 1.54) is 0 Å². The van der Waals surface area contributed by atoms with Crippen LogP contribution < -0.4 is 10.2 Å². The SMILES string of the molecule is CC(=O)N1CCN(c2nc(C)cc(C(=O)NCCN3CCOCC3)n2)CC1. The molecule has 2 amide bonds. The molecular weight excluding hydrogens is 348 g/mol. The van der Waals surface area contributed by atoms with Gasteiger partial charge in [-0.2, -0.15) is 0 Å². The highest BCUT2D eigenvalue weighted by molar-refractivity contribution is 5.92. The van der Waals surface area contributed by atoms with Crippen molar-refractivity contribution in [1.82, 2.24) is 25.1 Å². The number of rotatable bonds is 5. The normalized spacial score (nSPS) is 18.4. The maximum Gasteiger partial charge on any atom is 0.270 e. The minimum absolute atomic E-state index is 0.0835. The molecule has 0 bridgehead atoms. The van der Waals surface area contributed by atoms with Crippen molar-refractivity contribution in [2.24, 2.45) is 0 Å². The zero-order valence-corrected chi connectivity index (χ0v) is 16.1. The van der Waals surface area contributed by atoms with E-state index in [1.54, 1.807) is 13.0 Å². The number of ether oxygens (including phenoxy) is 1. The molecule has 0 aromatic carbocycles. The van der Waals surface area contributed by atoms with Gasteiger partial charge in [0.1, 0.15) is 5.69 Å². The van der Waals surface area contributed by atoms with Gasteiger partial charge in [0, 0.05) is 65.0 Å². The fourth-order valence-electron chi connectivity index (χ4n) is 3.27. The van der Waals surface area contributed by atoms with Crippen molar-refractivity contribution in [2.75, 3.05) is 70.5 Å². The number of carbonyl (C=O) groups is 2. The van der Waals surface area contributed by atoms with E-state index in [0.29, 0.717) is 44.4 Å². The summed E-state index contributed by atoms with van der Waals surface area (Å²) >= 11 is 0. The van der Waals surface area contributed by atoms with E-state index in [1.807, 2.05) is 16.7 Å². The van der Waals surface area contributed by atoms with Crippen molar-refractivity contribution >= 4 is 17.8 Å². The Kier molecular flexibility index (Phi) is 6.57. The second-order valence-corrected chi connectivity index (χ2v) is 6.90. The van der Waals surface area contributed by atoms with Crippen molar-refractivity contribution in [3.05, 3.63) is 17.5 Å². The van der Waals surface area contributed by atoms with E-state index in [2.05, 4.69) is 20.2 Å². The van der Waals surface area contributed by atoms with Gasteiger partial charge in [-0.15, -0.1) is 0 Å². The molecule has 9 nitrogen and oxygen atoms in total. The second kappa shape index (κ2) is 9.09. The van der Waals surface area contributed by atoms with Gasteiger partial charge in [0.15, 0.2) is 0 Å². The molecule has 148 valence electrons. The van der Waals surface area contributed by atoms with Crippen LogP contribution in [-0.4, -0.2) is 97.2 Å². The van der Waals surface area contributed by atoms with Gasteiger partial charge in [-0.1, -0.05) is 0 Å². The number of nitrogens with zero attached hydrogens (tertiary/aromatic N) is 5. The Balaban J connectivity index is 1.56. The number of hydrogen-bond donors (Lipinski definition) is 1. The summed E-state index contributed by atoms with van der Waals surface area (Å²) < 4.78 is 5.33. The quantitative estimate of drug-likeness (QED) is 0.742. The fourth-order valence-corrected chi connectivity index (χ4v) is 3.27. The predicted octanol–water partition coefficient (Wildman–Crippen LogP) is -0.484. The maximum absolute atomic E-state index is 12.5. The standard InChI is InChI=1S/C18H28N6O3/c1-14-13-16(17(26)19-3-4-22-9-11-27-12-10-22)21-18(20-14)24-7-5-23(6-8-24)15(2)25/h13H,3-12H2,1-2H3,(H,19,26). The molecule has 1 N–H and O–H groups in total. The monoisotopic (exact) mass is 376 g/mol. The van der Waals surface area contributed by atoms with E-state index >= 15 is 0 Å². The Morgan fingerprint density at radius 3 is 2.48 bits per heavy atom. The highest BCUT2D eigenvalue weighted by Crippen LogP contribution is 2.13. The fraction of sp³-hybridized carbons (Fsp3) is 0.667. The number of aryl methyl sites for hydroxylation is 1. The van der Waals surface area contributed by atoms with E-state index in [0.717, 1.165) is 38.5 Å². The van der Waals surface area contributed by atoms with Crippen LogP contribution in [0.4, 0.5) is 5.95 Å². The molecule has 0 spiro atoms. The highest BCUT2D eigenvalue weighted by atomic mass is 16.5. The molecule has 2 aliphatic rings. The van der Waals surface area contributed by atoms with Crippen molar-refractivity contribution < 1.29 is 14.3 Å². The molecule has 2 aliphatic heterocycles. The summed E-state index contributed by atoms with van der Waals surface area (Å²) in [6, 6.07) is 1.71. The highest BCUT2D eigenvalue weighted by Gasteiger charge is 2.22. The molecule has 1 aromatic heterocycles. The Bertz CT molecular complexity index is 669. The van der Waals surface area contributed by atoms with Gasteiger partial charge in [0.05, 0.1) is 13.2 Å². The molecule has 0 unspecified atom stereocenters. The lowest BCUT2D eigenvalue weighted by Gasteiger charge is -2.34. The van der Waals surface area contributed by atoms with E-state index in [9.17, 15) is 9.59 Å². The first-order chi connectivity index (χ1) is 13.0. The van der Waals surface area contributed by atoms with Gasteiger partial charge in [-0.25, -0.2) is 9.97 Å². The number of amides is 2. The van der Waals surface area contributed by atoms with Crippen LogP contribution >= 0.6 is 0 Å². The van der Waals surface area contributed by atoms with Crippen molar-refractivity contribution in [3.8, 4) is 0 Å². The minimum atomic E-state index is -0.183. The largest absolute Gasteiger partial charge is 0.379 e. The topological polar surface area (TPSA) is 90.9 Å². The van der Waals surface area contributed by atoms with Crippen LogP contribution in [0.5, 0.6) is 0 Å². The first-order valence-corrected chi connectivity index (χ1v) is 9.47. The third kappa shape index (κ3) is 5.36. The molecule has 3 heterocycles. The summed E-state index contributed by atoms with van der Waals surface area (Å²) in [5.74, 6) is 0.453. The van der Waals surface area contributed by atoms with Crippen LogP contribution in [0.15, 0.2) is 6.07 Å². The van der Waals surface area contributed by atoms with Gasteiger partial charge < -0.3 is 19.9 Å². The number of aromatic nitrogens is 2. The molecule has 0 saturated carbocycles. The summed E-state index contributed by atoms with van der Waals surface area (Å²) in [5, 5.41) is 2.94. The molecule has 0 atom stereocenters. The van der Waals surface area contributed by atoms with Crippen LogP contribution in [0, 0.1) is 6.92 Å². The summed E-state index contributed by atoms with van der Waals surface area (Å²) in [6.07, 6.45) is 0. The second-order valence-electron chi connectivity index (χ2n) is 6.90. The van der Waals surface area contributed by atoms with Gasteiger partial charge in [0.2, 0.25) is 11.9 Å². The molecule has 3 rings (SSSR count). The Labute approximate surface area is 159 Å². The third-order valence-corrected chi connectivity index (χ3v) is 4.90. The van der Waals surface area contributed by atoms with Gasteiger partial charge in [-0.05, 0) is 13.0 Å². The average Bonchev–Trinajstić information content (AvgIpc) is 2.68. The van der Waals surface area contributed by atoms with Crippen LogP contribution in [0.1, 0.15) is 23.1 Å². The van der Waals surface area contributed by atoms with Crippen molar-refractivity contribution in [3.63, 3.8) is 0 Å². The zero-order valence-electron chi connectivity index (χ0n) is 16.1. The number of nitrogens with one attached hydrogen (secondary N) is 1. The molecule has 2 fully saturated rings. The Morgan fingerprint density at radius 1 is 1.11 bits per heavy atom. The summed E-state index contributed by atoms with van der Waals surface area (Å²) in [6.45, 7) is 10.8. The van der Waals surface area contributed by atoms with E-state index in [-0.39, 0.29) is 11.8 Å². The molecule has 2 saturated heterocycles. The molecule has 1 aromatic rings. The van der Waals surface area contributed by atoms with Crippen molar-refractivity contribution in [1.29, 1.82) is 0 Å². The van der Waals surface area contributed by atoms with Gasteiger partial charge in [0.25, 0.3) is 5.91 Å². The summed E-state index contributed by atoms with van der Waals surface area (Å²) in [5.41, 5.74) is 1.14. The lowest BCUT2D eigenvalue weighted by Crippen LogP contribution is -2.48. The first-order valence-electron chi connectivity index (χ1n) is 9.47. The lowest BCUT2D eigenvalue weighted by atomic mass is 10.3. The van der Waals surface area contributed by atoms with Crippen molar-refractivity contribution in [2.45, 2.75) is 13.8 Å². The molecule has 27 heavy (non-hydrogen) atoms. The van der Waals surface area contributed by atoms with Crippen LogP contribution in [0.2, 0.25) is 0 Å². The van der Waals surface area contributed by atoms with Crippen LogP contribution in [0.25, 0.3) is 0 Å². The lowest BCUT2D eigenvalue weighted by molar-refractivity contribution is -0.129. The summed E-state index contributed by atoms with van der Waals surface area (Å²) in [4.78, 5) is 39.0. The molecule has 0 radical (unpaired) electrons. The molecular formula is C18H28N6O3. The number of anilines is 1. The van der Waals surface area contributed by atoms with Gasteiger partial charge in [-0.3, -0.25) is 14.5 Å². The number of morpholine rings is 1. The molecule has 9 heteroatoms. The van der Waals surface area contributed by atoms with E-state index in [4.69, 9.17) is 4.74 Å². The van der Waals surface area contributed by atoms with E-state index < -0.39 is 0 Å². The Morgan fingerprint density at radius 2 is 1.81 bits per heavy atom. The average molecular weight is 376 g/mol. The van der Waals surface area contributed by atoms with Crippen LogP contribution in [-0.2, 0) is 9.53 Å². The summed E-state index contributed by atoms with van der Waals surface area (Å²) in [7, 11) is 0. The number of hydrogen-bond acceptors (Lipinski definition) is 7. The third-order valence-electron chi connectivity index (χ3n) is 4.90. The zero-order chi connectivity index (χ0) is 19.2. The predicted molar refractivity (Wildman–Crippen MR) is 101 cm³/mol. The number of piperazine rings is 1. The van der Waals surface area contributed by atoms with Gasteiger partial charge >= 0.3 is 0 Å². The Hall–Kier alpha value is -2.26. The minimum Gasteiger partial charge on any atom is -0.379 e. The smallest absolute Gasteiger partial charge is 0.270 e. The van der Waals surface area contributed by atoms with Crippen LogP contribution in [0.3, 0.4) is 0 Å². The first kappa shape index (κ1) is 19.5. The number of carbonyl (C=O) groups excluding carboxylic acids is 2. The molecule has 0 aliphatic carbocycles. The maximum atomic E-state index is 12.5.